The molecule has 1 fully saturated rings. The van der Waals surface area contributed by atoms with E-state index in [4.69, 9.17) is 16.7 Å². The molecule has 80 valence electrons. The molecule has 0 atom stereocenters. The molecule has 1 aliphatic carbocycles. The Kier molecular flexibility index (Phi) is 2.96. The molecule has 0 aliphatic heterocycles. The largest absolute Gasteiger partial charge is 0.481 e. The predicted molar refractivity (Wildman–Crippen MR) is 59.2 cm³/mol. The van der Waals surface area contributed by atoms with Gasteiger partial charge in [0.2, 0.25) is 0 Å². The third kappa shape index (κ3) is 2.51. The van der Waals surface area contributed by atoms with Crippen LogP contribution in [0.15, 0.2) is 24.3 Å². The number of rotatable bonds is 3. The minimum atomic E-state index is -0.690. The summed E-state index contributed by atoms with van der Waals surface area (Å²) < 4.78 is 0. The van der Waals surface area contributed by atoms with E-state index < -0.39 is 5.97 Å². The van der Waals surface area contributed by atoms with Crippen LogP contribution in [0.3, 0.4) is 0 Å². The molecule has 0 bridgehead atoms. The summed E-state index contributed by atoms with van der Waals surface area (Å²) in [4.78, 5) is 10.5. The van der Waals surface area contributed by atoms with E-state index in [1.165, 1.54) is 5.56 Å². The average Bonchev–Trinajstić information content (AvgIpc) is 2.10. The highest BCUT2D eigenvalue weighted by Gasteiger charge is 2.31. The third-order valence-electron chi connectivity index (χ3n) is 3.02. The van der Waals surface area contributed by atoms with Gasteiger partial charge in [0.15, 0.2) is 0 Å². The van der Waals surface area contributed by atoms with Crippen molar-refractivity contribution in [2.45, 2.75) is 25.2 Å². The fourth-order valence-corrected chi connectivity index (χ4v) is 2.38. The molecule has 1 aromatic carbocycles. The molecule has 0 heterocycles. The first-order valence-electron chi connectivity index (χ1n) is 5.12. The second-order valence-electron chi connectivity index (χ2n) is 4.19. The van der Waals surface area contributed by atoms with Crippen molar-refractivity contribution >= 4 is 17.6 Å². The van der Waals surface area contributed by atoms with E-state index in [9.17, 15) is 4.79 Å². The molecule has 0 saturated heterocycles. The Morgan fingerprint density at radius 3 is 2.80 bits per heavy atom. The standard InChI is InChI=1S/C12H13ClO2/c13-11-3-1-2-9(7-11)10-4-8(5-10)6-12(14)15/h1-3,7-8,10H,4-6H2,(H,14,15). The topological polar surface area (TPSA) is 37.3 Å². The predicted octanol–water partition coefficient (Wildman–Crippen LogP) is 3.31. The van der Waals surface area contributed by atoms with Crippen LogP contribution in [0.2, 0.25) is 5.02 Å². The summed E-state index contributed by atoms with van der Waals surface area (Å²) in [6.45, 7) is 0. The zero-order chi connectivity index (χ0) is 10.8. The van der Waals surface area contributed by atoms with Gasteiger partial charge in [-0.15, -0.1) is 0 Å². The van der Waals surface area contributed by atoms with Crippen LogP contribution in [-0.2, 0) is 4.79 Å². The third-order valence-corrected chi connectivity index (χ3v) is 3.25. The first-order chi connectivity index (χ1) is 7.15. The Morgan fingerprint density at radius 1 is 1.47 bits per heavy atom. The molecule has 0 radical (unpaired) electrons. The van der Waals surface area contributed by atoms with Crippen molar-refractivity contribution in [3.05, 3.63) is 34.9 Å². The second-order valence-corrected chi connectivity index (χ2v) is 4.62. The number of benzene rings is 1. The number of carbonyl (C=O) groups is 1. The minimum Gasteiger partial charge on any atom is -0.481 e. The molecular weight excluding hydrogens is 212 g/mol. The molecule has 2 nitrogen and oxygen atoms in total. The van der Waals surface area contributed by atoms with Gasteiger partial charge >= 0.3 is 5.97 Å². The van der Waals surface area contributed by atoms with E-state index >= 15 is 0 Å². The molecule has 15 heavy (non-hydrogen) atoms. The second kappa shape index (κ2) is 4.23. The van der Waals surface area contributed by atoms with Crippen molar-refractivity contribution in [3.8, 4) is 0 Å². The molecule has 2 rings (SSSR count). The lowest BCUT2D eigenvalue weighted by Crippen LogP contribution is -2.24. The maximum atomic E-state index is 10.5. The first kappa shape index (κ1) is 10.5. The smallest absolute Gasteiger partial charge is 0.303 e. The highest BCUT2D eigenvalue weighted by atomic mass is 35.5. The van der Waals surface area contributed by atoms with Gasteiger partial charge in [-0.3, -0.25) is 4.79 Å². The molecule has 0 spiro atoms. The normalized spacial score (nSPS) is 24.6. The van der Waals surface area contributed by atoms with E-state index in [0.29, 0.717) is 18.3 Å². The highest BCUT2D eigenvalue weighted by molar-refractivity contribution is 6.30. The van der Waals surface area contributed by atoms with Crippen molar-refractivity contribution in [1.82, 2.24) is 0 Å². The molecule has 1 aliphatic rings. The van der Waals surface area contributed by atoms with E-state index in [1.807, 2.05) is 18.2 Å². The SMILES string of the molecule is O=C(O)CC1CC(c2cccc(Cl)c2)C1. The summed E-state index contributed by atoms with van der Waals surface area (Å²) in [5, 5.41) is 9.39. The van der Waals surface area contributed by atoms with Crippen LogP contribution in [0, 0.1) is 5.92 Å². The Bertz CT molecular complexity index is 370. The molecule has 1 aromatic rings. The van der Waals surface area contributed by atoms with Gasteiger partial charge in [-0.05, 0) is 42.4 Å². The average molecular weight is 225 g/mol. The molecule has 0 unspecified atom stereocenters. The highest BCUT2D eigenvalue weighted by Crippen LogP contribution is 2.43. The van der Waals surface area contributed by atoms with Crippen molar-refractivity contribution < 1.29 is 9.90 Å². The summed E-state index contributed by atoms with van der Waals surface area (Å²) in [7, 11) is 0. The zero-order valence-electron chi connectivity index (χ0n) is 8.32. The molecule has 1 N–H and O–H groups in total. The number of aliphatic carboxylic acids is 1. The summed E-state index contributed by atoms with van der Waals surface area (Å²) >= 11 is 5.90. The maximum absolute atomic E-state index is 10.5. The number of halogens is 1. The number of carboxylic acid groups (broad SMARTS) is 1. The molecule has 3 heteroatoms. The van der Waals surface area contributed by atoms with Gasteiger partial charge in [0.1, 0.15) is 0 Å². The molecule has 1 saturated carbocycles. The summed E-state index contributed by atoms with van der Waals surface area (Å²) in [6.07, 6.45) is 2.26. The molecule has 0 aromatic heterocycles. The van der Waals surface area contributed by atoms with Gasteiger partial charge in [0.25, 0.3) is 0 Å². The fraction of sp³-hybridized carbons (Fsp3) is 0.417. The number of hydrogen-bond acceptors (Lipinski definition) is 1. The summed E-state index contributed by atoms with van der Waals surface area (Å²) in [5.74, 6) is 0.170. The van der Waals surface area contributed by atoms with Crippen molar-refractivity contribution in [2.24, 2.45) is 5.92 Å². The van der Waals surface area contributed by atoms with E-state index in [-0.39, 0.29) is 0 Å². The van der Waals surface area contributed by atoms with Crippen molar-refractivity contribution in [1.29, 1.82) is 0 Å². The van der Waals surface area contributed by atoms with Gasteiger partial charge in [-0.1, -0.05) is 23.7 Å². The Hall–Kier alpha value is -1.02. The van der Waals surface area contributed by atoms with Gasteiger partial charge in [-0.2, -0.15) is 0 Å². The van der Waals surface area contributed by atoms with Crippen LogP contribution in [0.25, 0.3) is 0 Å². The van der Waals surface area contributed by atoms with Crippen molar-refractivity contribution in [2.75, 3.05) is 0 Å². The Morgan fingerprint density at radius 2 is 2.20 bits per heavy atom. The van der Waals surface area contributed by atoms with Crippen LogP contribution in [-0.4, -0.2) is 11.1 Å². The van der Waals surface area contributed by atoms with Gasteiger partial charge in [0.05, 0.1) is 0 Å². The van der Waals surface area contributed by atoms with Crippen LogP contribution in [0.4, 0.5) is 0 Å². The van der Waals surface area contributed by atoms with Crippen LogP contribution in [0.5, 0.6) is 0 Å². The van der Waals surface area contributed by atoms with Crippen molar-refractivity contribution in [3.63, 3.8) is 0 Å². The summed E-state index contributed by atoms with van der Waals surface area (Å²) in [6, 6.07) is 7.84. The monoisotopic (exact) mass is 224 g/mol. The summed E-state index contributed by atoms with van der Waals surface area (Å²) in [5.41, 5.74) is 1.24. The van der Waals surface area contributed by atoms with E-state index in [2.05, 4.69) is 6.07 Å². The fourth-order valence-electron chi connectivity index (χ4n) is 2.18. The molecule has 0 amide bonds. The van der Waals surface area contributed by atoms with Gasteiger partial charge in [0, 0.05) is 11.4 Å². The van der Waals surface area contributed by atoms with Crippen LogP contribution in [0.1, 0.15) is 30.7 Å². The quantitative estimate of drug-likeness (QED) is 0.855. The van der Waals surface area contributed by atoms with Crippen LogP contribution < -0.4 is 0 Å². The maximum Gasteiger partial charge on any atom is 0.303 e. The van der Waals surface area contributed by atoms with Gasteiger partial charge in [-0.25, -0.2) is 0 Å². The Balaban J connectivity index is 1.92. The minimum absolute atomic E-state index is 0.303. The number of hydrogen-bond donors (Lipinski definition) is 1. The van der Waals surface area contributed by atoms with E-state index in [0.717, 1.165) is 17.9 Å². The lowest BCUT2D eigenvalue weighted by molar-refractivity contribution is -0.138. The number of carboxylic acids is 1. The lowest BCUT2D eigenvalue weighted by atomic mass is 9.70. The zero-order valence-corrected chi connectivity index (χ0v) is 9.07. The Labute approximate surface area is 93.9 Å². The lowest BCUT2D eigenvalue weighted by Gasteiger charge is -2.34. The first-order valence-corrected chi connectivity index (χ1v) is 5.50. The van der Waals surface area contributed by atoms with Gasteiger partial charge < -0.3 is 5.11 Å². The van der Waals surface area contributed by atoms with Crippen LogP contribution >= 0.6 is 11.6 Å². The molecular formula is C12H13ClO2. The van der Waals surface area contributed by atoms with E-state index in [1.54, 1.807) is 0 Å².